The van der Waals surface area contributed by atoms with Crippen molar-refractivity contribution < 1.29 is 0 Å². The summed E-state index contributed by atoms with van der Waals surface area (Å²) in [4.78, 5) is 0. The molecular formula is H11BiCaPbSr. The van der Waals surface area contributed by atoms with Crippen LogP contribution < -0.4 is 0 Å². The molecule has 0 aromatic heterocycles. The summed E-state index contributed by atoms with van der Waals surface area (Å²) < 4.78 is 0. The molecule has 0 rings (SSSR count). The van der Waals surface area contributed by atoms with Crippen molar-refractivity contribution in [3.63, 3.8) is 0 Å². The fraction of sp³-hybridized carbons (Fsp3) is 0. The first-order valence-electron chi connectivity index (χ1n) is 0. The predicted octanol–water partition coefficient (Wildman–Crippen LogP) is -4.47. The van der Waals surface area contributed by atoms with Crippen LogP contribution in [-0.4, -0.2) is 137 Å². The van der Waals surface area contributed by atoms with Gasteiger partial charge in [-0.25, -0.2) is 0 Å². The third-order valence-corrected chi connectivity index (χ3v) is 0. The van der Waals surface area contributed by atoms with Gasteiger partial charge in [0.05, 0.1) is 0 Å². The molecule has 0 aliphatic carbocycles. The van der Waals surface area contributed by atoms with Gasteiger partial charge in [-0.2, -0.15) is 0 Å². The molecule has 0 nitrogen and oxygen atoms in total. The van der Waals surface area contributed by atoms with Gasteiger partial charge in [-0.3, -0.25) is 0 Å². The maximum atomic E-state index is 0. The molecule has 0 aliphatic heterocycles. The second-order valence-electron chi connectivity index (χ2n) is 0. The number of hydrogen-bond acceptors (Lipinski definition) is 0. The van der Waals surface area contributed by atoms with Gasteiger partial charge < -0.3 is 0 Å². The summed E-state index contributed by atoms with van der Waals surface area (Å²) in [7, 11) is 0. The summed E-state index contributed by atoms with van der Waals surface area (Å²) >= 11 is 0. The zero-order chi connectivity index (χ0) is 0. The SMILES string of the molecule is [BiH3].[CaH2].[PbH4].[SrH2]. The molecule has 0 aliphatic rings. The first-order valence-corrected chi connectivity index (χ1v) is 0. The second kappa shape index (κ2) is 15.6. The molecule has 0 aromatic carbocycles. The van der Waals surface area contributed by atoms with Gasteiger partial charge in [0.2, 0.25) is 0 Å². The van der Waals surface area contributed by atoms with Gasteiger partial charge in [-0.15, -0.1) is 0 Å². The van der Waals surface area contributed by atoms with Crippen LogP contribution in [-0.2, 0) is 0 Å². The molecule has 4 heavy (non-hydrogen) atoms. The van der Waals surface area contributed by atoms with E-state index in [0.717, 1.165) is 0 Å². The van der Waals surface area contributed by atoms with Crippen LogP contribution in [0.1, 0.15) is 0 Å². The summed E-state index contributed by atoms with van der Waals surface area (Å²) in [6.07, 6.45) is 0. The molecule has 0 saturated carbocycles. The molecule has 0 unspecified atom stereocenters. The van der Waals surface area contributed by atoms with E-state index in [2.05, 4.69) is 0 Å². The van der Waals surface area contributed by atoms with Crippen molar-refractivity contribution in [2.45, 2.75) is 0 Å². The standard InChI is InChI=1S/Bi.Ca.Pb.Sr.11H. The Morgan fingerprint density at radius 3 is 1.00 bits per heavy atom. The van der Waals surface area contributed by atoms with Crippen molar-refractivity contribution in [1.82, 2.24) is 0 Å². The van der Waals surface area contributed by atoms with Gasteiger partial charge in [0.15, 0.2) is 0 Å². The Hall–Kier alpha value is 4.55. The molecule has 0 radical (unpaired) electrons. The normalized spacial score (nSPS) is 0. The van der Waals surface area contributed by atoms with Crippen molar-refractivity contribution in [3.05, 3.63) is 0 Å². The van der Waals surface area contributed by atoms with Crippen molar-refractivity contribution in [2.75, 3.05) is 0 Å². The zero-order valence-electron chi connectivity index (χ0n) is 0.707. The maximum absolute atomic E-state index is 0. The van der Waals surface area contributed by atoms with Crippen LogP contribution in [0.3, 0.4) is 0 Å². The Kier molecular flexibility index (Phi) is 92.1. The Morgan fingerprint density at radius 2 is 1.00 bits per heavy atom. The Morgan fingerprint density at radius 1 is 1.00 bits per heavy atom. The van der Waals surface area contributed by atoms with Crippen molar-refractivity contribution in [3.8, 4) is 0 Å². The summed E-state index contributed by atoms with van der Waals surface area (Å²) in [6, 6.07) is 0. The molecule has 24 valence electrons. The first-order chi connectivity index (χ1) is 0. The fourth-order valence-corrected chi connectivity index (χ4v) is 0. The van der Waals surface area contributed by atoms with Crippen LogP contribution in [0.15, 0.2) is 0 Å². The molecule has 0 atom stereocenters. The molecular weight excluding hydrogens is 544 g/mol. The van der Waals surface area contributed by atoms with Crippen molar-refractivity contribution in [1.29, 1.82) is 0 Å². The molecule has 0 heterocycles. The van der Waals surface area contributed by atoms with Gasteiger partial charge in [0.25, 0.3) is 0 Å². The van der Waals surface area contributed by atoms with Crippen LogP contribution in [0.4, 0.5) is 0 Å². The number of rotatable bonds is 0. The second-order valence-corrected chi connectivity index (χ2v) is 0. The van der Waals surface area contributed by atoms with Crippen LogP contribution in [0.25, 0.3) is 0 Å². The Labute approximate surface area is 132 Å². The van der Waals surface area contributed by atoms with E-state index in [0.29, 0.717) is 0 Å². The molecule has 0 aromatic rings. The van der Waals surface area contributed by atoms with E-state index in [4.69, 9.17) is 0 Å². The first kappa shape index (κ1) is 23.5. The monoisotopic (exact) mass is 556 g/mol. The van der Waals surface area contributed by atoms with Crippen LogP contribution in [0, 0.1) is 0 Å². The molecule has 0 amide bonds. The minimum atomic E-state index is 0. The molecule has 4 heteroatoms. The topological polar surface area (TPSA) is 0 Å². The average Bonchev–Trinajstić information content (AvgIpc) is 0. The van der Waals surface area contributed by atoms with Crippen molar-refractivity contribution >= 4 is 137 Å². The van der Waals surface area contributed by atoms with Crippen molar-refractivity contribution in [2.24, 2.45) is 0 Å². The number of hydrogen-bond donors (Lipinski definition) is 0. The summed E-state index contributed by atoms with van der Waals surface area (Å²) in [6.45, 7) is 0. The van der Waals surface area contributed by atoms with Gasteiger partial charge in [-0.1, -0.05) is 0 Å². The van der Waals surface area contributed by atoms with E-state index < -0.39 is 0 Å². The predicted molar refractivity (Wildman–Crippen MR) is 38.4 cm³/mol. The molecule has 0 saturated heterocycles. The van der Waals surface area contributed by atoms with Crippen LogP contribution in [0.5, 0.6) is 0 Å². The summed E-state index contributed by atoms with van der Waals surface area (Å²) in [5.41, 5.74) is 0. The van der Waals surface area contributed by atoms with Crippen LogP contribution in [0.2, 0.25) is 0 Å². The van der Waals surface area contributed by atoms with Crippen LogP contribution >= 0.6 is 0 Å². The minimum absolute atomic E-state index is 0. The van der Waals surface area contributed by atoms with E-state index in [1.807, 2.05) is 0 Å². The fourth-order valence-electron chi connectivity index (χ4n) is 0. The summed E-state index contributed by atoms with van der Waals surface area (Å²) in [5, 5.41) is 0. The van der Waals surface area contributed by atoms with E-state index in [9.17, 15) is 0 Å². The quantitative estimate of drug-likeness (QED) is 0.265. The van der Waals surface area contributed by atoms with E-state index in [1.165, 1.54) is 0 Å². The zero-order valence-corrected chi connectivity index (χ0v) is 6.20. The van der Waals surface area contributed by atoms with E-state index in [-0.39, 0.29) is 137 Å². The average molecular weight is 555 g/mol. The Balaban J connectivity index is 0. The van der Waals surface area contributed by atoms with E-state index in [1.54, 1.807) is 0 Å². The van der Waals surface area contributed by atoms with Gasteiger partial charge >= 0.3 is 137 Å². The summed E-state index contributed by atoms with van der Waals surface area (Å²) in [5.74, 6) is 0. The molecule has 0 bridgehead atoms. The van der Waals surface area contributed by atoms with Gasteiger partial charge in [-0.05, 0) is 0 Å². The van der Waals surface area contributed by atoms with Gasteiger partial charge in [0.1, 0.15) is 0 Å². The third kappa shape index (κ3) is 9.74. The molecule has 0 fully saturated rings. The Bertz CT molecular complexity index is 8.00. The molecule has 0 spiro atoms. The molecule has 0 N–H and O–H groups in total. The van der Waals surface area contributed by atoms with E-state index >= 15 is 0 Å². The van der Waals surface area contributed by atoms with Gasteiger partial charge in [0, 0.05) is 0 Å². The third-order valence-electron chi connectivity index (χ3n) is 0.